The van der Waals surface area contributed by atoms with E-state index in [1.807, 2.05) is 0 Å². The van der Waals surface area contributed by atoms with Gasteiger partial charge in [0.25, 0.3) is 0 Å². The monoisotopic (exact) mass is 290 g/mol. The van der Waals surface area contributed by atoms with Crippen LogP contribution in [0, 0.1) is 11.6 Å². The fourth-order valence-corrected chi connectivity index (χ4v) is 2.06. The van der Waals surface area contributed by atoms with Crippen LogP contribution in [0.4, 0.5) is 8.78 Å². The third-order valence-electron chi connectivity index (χ3n) is 3.11. The predicted molar refractivity (Wildman–Crippen MR) is 71.4 cm³/mol. The van der Waals surface area contributed by atoms with E-state index in [2.05, 4.69) is 5.32 Å². The number of hydrogen-bond acceptors (Lipinski definition) is 2. The molecule has 0 bridgehead atoms. The molecule has 1 saturated heterocycles. The summed E-state index contributed by atoms with van der Waals surface area (Å²) < 4.78 is 26.4. The number of nitrogens with zero attached hydrogens (tertiary/aromatic N) is 1. The second-order valence-electron chi connectivity index (χ2n) is 4.34. The van der Waals surface area contributed by atoms with Gasteiger partial charge in [-0.25, -0.2) is 8.78 Å². The molecule has 1 heterocycles. The molecule has 0 radical (unpaired) electrons. The summed E-state index contributed by atoms with van der Waals surface area (Å²) in [5, 5.41) is 3.16. The van der Waals surface area contributed by atoms with Gasteiger partial charge in [0.05, 0.1) is 0 Å². The summed E-state index contributed by atoms with van der Waals surface area (Å²) in [5.74, 6) is -1.70. The number of nitrogens with one attached hydrogen (secondary N) is 1. The van der Waals surface area contributed by atoms with Gasteiger partial charge in [-0.15, -0.1) is 12.4 Å². The van der Waals surface area contributed by atoms with Crippen LogP contribution in [0.5, 0.6) is 0 Å². The number of aryl methyl sites for hydroxylation is 1. The van der Waals surface area contributed by atoms with Gasteiger partial charge in [0.1, 0.15) is 0 Å². The van der Waals surface area contributed by atoms with E-state index in [1.54, 1.807) is 4.90 Å². The van der Waals surface area contributed by atoms with E-state index in [0.29, 0.717) is 13.1 Å². The molecule has 1 amide bonds. The Morgan fingerprint density at radius 2 is 1.95 bits per heavy atom. The lowest BCUT2D eigenvalue weighted by Gasteiger charge is -2.27. The molecule has 1 aliphatic heterocycles. The normalized spacial score (nSPS) is 14.9. The summed E-state index contributed by atoms with van der Waals surface area (Å²) in [7, 11) is 0. The highest BCUT2D eigenvalue weighted by atomic mass is 35.5. The van der Waals surface area contributed by atoms with Crippen molar-refractivity contribution in [2.24, 2.45) is 0 Å². The lowest BCUT2D eigenvalue weighted by atomic mass is 10.1. The Hall–Kier alpha value is -1.20. The highest BCUT2D eigenvalue weighted by Gasteiger charge is 2.17. The van der Waals surface area contributed by atoms with Gasteiger partial charge in [0, 0.05) is 32.6 Å². The van der Waals surface area contributed by atoms with Crippen LogP contribution in [-0.2, 0) is 11.2 Å². The zero-order valence-electron chi connectivity index (χ0n) is 10.5. The molecule has 0 aliphatic carbocycles. The highest BCUT2D eigenvalue weighted by Crippen LogP contribution is 2.13. The largest absolute Gasteiger partial charge is 0.340 e. The molecule has 106 valence electrons. The number of halogens is 3. The number of amides is 1. The summed E-state index contributed by atoms with van der Waals surface area (Å²) in [6.07, 6.45) is 0.465. The van der Waals surface area contributed by atoms with Crippen molar-refractivity contribution in [1.29, 1.82) is 0 Å². The third-order valence-corrected chi connectivity index (χ3v) is 3.11. The Bertz CT molecular complexity index is 437. The standard InChI is InChI=1S/C13H16F2N2O.ClH/c14-11-3-1-2-10(13(11)15)4-5-12(18)17-8-6-16-7-9-17;/h1-3,16H,4-9H2;1H. The first-order valence-corrected chi connectivity index (χ1v) is 6.10. The Kier molecular flexibility index (Phi) is 6.18. The second-order valence-corrected chi connectivity index (χ2v) is 4.34. The molecule has 0 unspecified atom stereocenters. The van der Waals surface area contributed by atoms with E-state index in [4.69, 9.17) is 0 Å². The predicted octanol–water partition coefficient (Wildman–Crippen LogP) is 1.75. The second kappa shape index (κ2) is 7.40. The van der Waals surface area contributed by atoms with Crippen LogP contribution in [-0.4, -0.2) is 37.0 Å². The highest BCUT2D eigenvalue weighted by molar-refractivity contribution is 5.85. The van der Waals surface area contributed by atoms with Crippen LogP contribution in [0.1, 0.15) is 12.0 Å². The minimum atomic E-state index is -0.859. The van der Waals surface area contributed by atoms with E-state index in [-0.39, 0.29) is 36.7 Å². The number of benzene rings is 1. The molecule has 0 aromatic heterocycles. The summed E-state index contributed by atoms with van der Waals surface area (Å²) in [4.78, 5) is 13.6. The smallest absolute Gasteiger partial charge is 0.222 e. The van der Waals surface area contributed by atoms with Crippen LogP contribution >= 0.6 is 12.4 Å². The fourth-order valence-electron chi connectivity index (χ4n) is 2.06. The van der Waals surface area contributed by atoms with Gasteiger partial charge in [0.2, 0.25) is 5.91 Å². The molecule has 1 N–H and O–H groups in total. The Morgan fingerprint density at radius 1 is 1.26 bits per heavy atom. The number of piperazine rings is 1. The zero-order chi connectivity index (χ0) is 13.0. The molecular weight excluding hydrogens is 274 g/mol. The SMILES string of the molecule is Cl.O=C(CCc1cccc(F)c1F)N1CCNCC1. The minimum Gasteiger partial charge on any atom is -0.340 e. The third kappa shape index (κ3) is 4.14. The van der Waals surface area contributed by atoms with Gasteiger partial charge in [-0.1, -0.05) is 12.1 Å². The maximum atomic E-state index is 13.4. The van der Waals surface area contributed by atoms with E-state index >= 15 is 0 Å². The first-order valence-electron chi connectivity index (χ1n) is 6.10. The molecule has 0 saturated carbocycles. The number of carbonyl (C=O) groups is 1. The summed E-state index contributed by atoms with van der Waals surface area (Å²) >= 11 is 0. The van der Waals surface area contributed by atoms with Crippen LogP contribution in [0.15, 0.2) is 18.2 Å². The average molecular weight is 291 g/mol. The van der Waals surface area contributed by atoms with Crippen molar-refractivity contribution in [2.75, 3.05) is 26.2 Å². The van der Waals surface area contributed by atoms with Crippen molar-refractivity contribution in [3.05, 3.63) is 35.4 Å². The van der Waals surface area contributed by atoms with Crippen LogP contribution in [0.25, 0.3) is 0 Å². The first-order chi connectivity index (χ1) is 8.68. The van der Waals surface area contributed by atoms with Gasteiger partial charge in [-0.05, 0) is 18.1 Å². The molecule has 1 aliphatic rings. The van der Waals surface area contributed by atoms with Gasteiger partial charge in [-0.3, -0.25) is 4.79 Å². The number of carbonyl (C=O) groups excluding carboxylic acids is 1. The van der Waals surface area contributed by atoms with Crippen LogP contribution < -0.4 is 5.32 Å². The van der Waals surface area contributed by atoms with Crippen LogP contribution in [0.2, 0.25) is 0 Å². The number of rotatable bonds is 3. The Labute approximate surface area is 117 Å². The van der Waals surface area contributed by atoms with E-state index in [9.17, 15) is 13.6 Å². The topological polar surface area (TPSA) is 32.3 Å². The van der Waals surface area contributed by atoms with Gasteiger partial charge < -0.3 is 10.2 Å². The molecule has 0 spiro atoms. The van der Waals surface area contributed by atoms with Crippen molar-refractivity contribution in [2.45, 2.75) is 12.8 Å². The molecule has 0 atom stereocenters. The van der Waals surface area contributed by atoms with Crippen molar-refractivity contribution in [1.82, 2.24) is 10.2 Å². The molecule has 19 heavy (non-hydrogen) atoms. The summed E-state index contributed by atoms with van der Waals surface area (Å²) in [6, 6.07) is 4.06. The quantitative estimate of drug-likeness (QED) is 0.920. The fraction of sp³-hybridized carbons (Fsp3) is 0.462. The molecule has 1 aromatic carbocycles. The number of hydrogen-bond donors (Lipinski definition) is 1. The molecule has 1 aromatic rings. The maximum absolute atomic E-state index is 13.4. The van der Waals surface area contributed by atoms with E-state index in [1.165, 1.54) is 12.1 Å². The minimum absolute atomic E-state index is 0. The molecule has 1 fully saturated rings. The van der Waals surface area contributed by atoms with E-state index < -0.39 is 11.6 Å². The maximum Gasteiger partial charge on any atom is 0.222 e. The van der Waals surface area contributed by atoms with E-state index in [0.717, 1.165) is 19.2 Å². The van der Waals surface area contributed by atoms with Crippen molar-refractivity contribution in [3.8, 4) is 0 Å². The van der Waals surface area contributed by atoms with Crippen molar-refractivity contribution in [3.63, 3.8) is 0 Å². The zero-order valence-corrected chi connectivity index (χ0v) is 11.3. The summed E-state index contributed by atoms with van der Waals surface area (Å²) in [5.41, 5.74) is 0.262. The molecule has 6 heteroatoms. The molecular formula is C13H17ClF2N2O. The van der Waals surface area contributed by atoms with Crippen molar-refractivity contribution >= 4 is 18.3 Å². The molecule has 2 rings (SSSR count). The Morgan fingerprint density at radius 3 is 2.63 bits per heavy atom. The van der Waals surface area contributed by atoms with Gasteiger partial charge >= 0.3 is 0 Å². The Balaban J connectivity index is 0.00000180. The first kappa shape index (κ1) is 15.9. The van der Waals surface area contributed by atoms with Gasteiger partial charge in [0.15, 0.2) is 11.6 Å². The lowest BCUT2D eigenvalue weighted by molar-refractivity contribution is -0.131. The lowest BCUT2D eigenvalue weighted by Crippen LogP contribution is -2.46. The molecule has 3 nitrogen and oxygen atoms in total. The van der Waals surface area contributed by atoms with Crippen molar-refractivity contribution < 1.29 is 13.6 Å². The average Bonchev–Trinajstić information content (AvgIpc) is 2.41. The van der Waals surface area contributed by atoms with Gasteiger partial charge in [-0.2, -0.15) is 0 Å². The summed E-state index contributed by atoms with van der Waals surface area (Å²) in [6.45, 7) is 2.95. The van der Waals surface area contributed by atoms with Crippen LogP contribution in [0.3, 0.4) is 0 Å².